The Kier molecular flexibility index (Phi) is 9.70. The zero-order valence-corrected chi connectivity index (χ0v) is 28.7. The van der Waals surface area contributed by atoms with Gasteiger partial charge < -0.3 is 23.4 Å². The van der Waals surface area contributed by atoms with Gasteiger partial charge in [0.25, 0.3) is 8.32 Å². The zero-order chi connectivity index (χ0) is 32.5. The highest BCUT2D eigenvalue weighted by Crippen LogP contribution is 2.42. The Morgan fingerprint density at radius 1 is 0.978 bits per heavy atom. The summed E-state index contributed by atoms with van der Waals surface area (Å²) in [6.45, 7) is 14.2. The van der Waals surface area contributed by atoms with E-state index in [2.05, 4.69) is 84.3 Å². The number of carbonyl (C=O) groups excluding carboxylic acids is 1. The number of fused-ring (bicyclic) bond motifs is 1. The van der Waals surface area contributed by atoms with E-state index in [1.165, 1.54) is 11.3 Å². The fourth-order valence-electron chi connectivity index (χ4n) is 6.54. The first kappa shape index (κ1) is 33.4. The third-order valence-corrected chi connectivity index (χ3v) is 14.1. The molecule has 3 aromatic rings. The minimum atomic E-state index is -2.90. The van der Waals surface area contributed by atoms with Crippen LogP contribution in [0.25, 0.3) is 10.4 Å². The molecule has 1 aromatic heterocycles. The van der Waals surface area contributed by atoms with Crippen LogP contribution in [0.4, 0.5) is 0 Å². The lowest BCUT2D eigenvalue weighted by Gasteiger charge is -2.55. The third kappa shape index (κ3) is 7.08. The Bertz CT molecular complexity index is 1450. The standard InChI is InChI=1S/C33H42N4O6SSi/c1-31(2,3)45(22-14-10-8-11-15-22,23-16-12-9-13-17-23)39-21-26-28-29(43-32(4,5)40-26)27(41-33(6,7)42-28)24(36-37-34)20-25(38)30-35-18-19-44-30/h8-19,24,26-29H,20-21H2,1-7H3/t24?,26-,27-,28-,29-/m1/s1. The SMILES string of the molecule is CC1(C)O[C@H]2[C@H](OC(C)(C)O[C@@H]2CO[Si](c2ccccc2)(c2ccccc2)C(C)(C)C)[C@@H](C(CC(=O)c2nccs2)N=[N+]=[N-])O1. The molecule has 0 amide bonds. The van der Waals surface area contributed by atoms with Crippen LogP contribution < -0.4 is 10.4 Å². The fourth-order valence-corrected chi connectivity index (χ4v) is 11.7. The van der Waals surface area contributed by atoms with Gasteiger partial charge in [-0.2, -0.15) is 0 Å². The molecular weight excluding hydrogens is 609 g/mol. The summed E-state index contributed by atoms with van der Waals surface area (Å²) in [6, 6.07) is 20.0. The zero-order valence-electron chi connectivity index (χ0n) is 26.9. The van der Waals surface area contributed by atoms with Gasteiger partial charge in [0.2, 0.25) is 0 Å². The highest BCUT2D eigenvalue weighted by molar-refractivity contribution is 7.11. The van der Waals surface area contributed by atoms with Crippen molar-refractivity contribution in [3.63, 3.8) is 0 Å². The largest absolute Gasteiger partial charge is 0.405 e. The number of aromatic nitrogens is 1. The average Bonchev–Trinajstić information content (AvgIpc) is 3.53. The highest BCUT2D eigenvalue weighted by atomic mass is 32.1. The predicted molar refractivity (Wildman–Crippen MR) is 175 cm³/mol. The molecule has 0 saturated carbocycles. The Balaban J connectivity index is 1.51. The van der Waals surface area contributed by atoms with Crippen LogP contribution in [0.1, 0.15) is 64.7 Å². The second kappa shape index (κ2) is 13.1. The third-order valence-electron chi connectivity index (χ3n) is 8.23. The van der Waals surface area contributed by atoms with Gasteiger partial charge in [0.15, 0.2) is 22.4 Å². The maximum atomic E-state index is 13.1. The van der Waals surface area contributed by atoms with Crippen LogP contribution in [0, 0.1) is 0 Å². The molecule has 240 valence electrons. The Hall–Kier alpha value is -2.93. The van der Waals surface area contributed by atoms with Gasteiger partial charge in [0, 0.05) is 22.9 Å². The molecule has 5 atom stereocenters. The molecule has 2 aliphatic heterocycles. The highest BCUT2D eigenvalue weighted by Gasteiger charge is 2.57. The summed E-state index contributed by atoms with van der Waals surface area (Å²) in [5.41, 5.74) is 9.52. The molecule has 0 N–H and O–H groups in total. The van der Waals surface area contributed by atoms with Crippen molar-refractivity contribution in [3.8, 4) is 0 Å². The number of azide groups is 1. The second-order valence-electron chi connectivity index (χ2n) is 13.4. The molecule has 0 bridgehead atoms. The maximum absolute atomic E-state index is 13.1. The summed E-state index contributed by atoms with van der Waals surface area (Å²) in [5.74, 6) is -2.37. The molecule has 0 spiro atoms. The van der Waals surface area contributed by atoms with E-state index in [1.54, 1.807) is 25.4 Å². The topological polar surface area (TPSA) is 125 Å². The van der Waals surface area contributed by atoms with Gasteiger partial charge in [0.05, 0.1) is 18.8 Å². The predicted octanol–water partition coefficient (Wildman–Crippen LogP) is 6.01. The average molecular weight is 651 g/mol. The molecule has 2 saturated heterocycles. The summed E-state index contributed by atoms with van der Waals surface area (Å²) in [6.07, 6.45) is -1.23. The van der Waals surface area contributed by atoms with E-state index in [4.69, 9.17) is 23.4 Å². The van der Waals surface area contributed by atoms with Crippen LogP contribution in [0.15, 0.2) is 77.4 Å². The second-order valence-corrected chi connectivity index (χ2v) is 18.6. The summed E-state index contributed by atoms with van der Waals surface area (Å²) < 4.78 is 33.2. The van der Waals surface area contributed by atoms with Gasteiger partial charge >= 0.3 is 0 Å². The van der Waals surface area contributed by atoms with E-state index < -0.39 is 50.3 Å². The quantitative estimate of drug-likeness (QED) is 0.0865. The number of Topliss-reactive ketones (excluding diaryl/α,β-unsaturated/α-hetero) is 1. The lowest BCUT2D eigenvalue weighted by Crippen LogP contribution is -2.70. The number of nitrogens with zero attached hydrogens (tertiary/aromatic N) is 4. The lowest BCUT2D eigenvalue weighted by molar-refractivity contribution is -0.426. The molecule has 12 heteroatoms. The van der Waals surface area contributed by atoms with E-state index in [9.17, 15) is 10.3 Å². The first-order chi connectivity index (χ1) is 21.3. The monoisotopic (exact) mass is 650 g/mol. The molecule has 0 aliphatic carbocycles. The first-order valence-corrected chi connectivity index (χ1v) is 18.0. The van der Waals surface area contributed by atoms with E-state index in [0.717, 1.165) is 10.4 Å². The number of thiazole rings is 1. The van der Waals surface area contributed by atoms with Crippen molar-refractivity contribution in [3.05, 3.63) is 87.7 Å². The molecule has 10 nitrogen and oxygen atoms in total. The number of rotatable bonds is 10. The molecule has 2 fully saturated rings. The fraction of sp³-hybridized carbons (Fsp3) is 0.515. The molecule has 2 aromatic carbocycles. The van der Waals surface area contributed by atoms with Crippen LogP contribution in [0.2, 0.25) is 5.04 Å². The molecule has 45 heavy (non-hydrogen) atoms. The van der Waals surface area contributed by atoms with Crippen LogP contribution >= 0.6 is 11.3 Å². The molecule has 3 heterocycles. The van der Waals surface area contributed by atoms with Crippen molar-refractivity contribution in [1.82, 2.24) is 4.98 Å². The van der Waals surface area contributed by atoms with Crippen molar-refractivity contribution in [2.45, 2.75) is 102 Å². The van der Waals surface area contributed by atoms with Crippen LogP contribution in [-0.4, -0.2) is 67.7 Å². The van der Waals surface area contributed by atoms with Crippen molar-refractivity contribution in [2.75, 3.05) is 6.61 Å². The van der Waals surface area contributed by atoms with E-state index in [-0.39, 0.29) is 23.8 Å². The van der Waals surface area contributed by atoms with Crippen LogP contribution in [0.5, 0.6) is 0 Å². The van der Waals surface area contributed by atoms with Crippen LogP contribution in [0.3, 0.4) is 0 Å². The Morgan fingerprint density at radius 3 is 2.09 bits per heavy atom. The van der Waals surface area contributed by atoms with Gasteiger partial charge in [-0.15, -0.1) is 11.3 Å². The summed E-state index contributed by atoms with van der Waals surface area (Å²) in [7, 11) is -2.90. The number of benzene rings is 2. The Labute approximate surface area is 269 Å². The number of carbonyl (C=O) groups is 1. The lowest BCUT2D eigenvalue weighted by atomic mass is 9.91. The van der Waals surface area contributed by atoms with Crippen LogP contribution in [-0.2, 0) is 23.4 Å². The van der Waals surface area contributed by atoms with Crippen molar-refractivity contribution < 1.29 is 28.2 Å². The van der Waals surface area contributed by atoms with Crippen molar-refractivity contribution >= 4 is 35.8 Å². The van der Waals surface area contributed by atoms with E-state index >= 15 is 0 Å². The van der Waals surface area contributed by atoms with Crippen molar-refractivity contribution in [1.29, 1.82) is 0 Å². The minimum Gasteiger partial charge on any atom is -0.405 e. The normalized spacial score (nSPS) is 25.0. The van der Waals surface area contributed by atoms with Gasteiger partial charge in [0.1, 0.15) is 18.3 Å². The first-order valence-electron chi connectivity index (χ1n) is 15.2. The summed E-state index contributed by atoms with van der Waals surface area (Å²) >= 11 is 1.24. The molecule has 5 rings (SSSR count). The number of hydrogen-bond donors (Lipinski definition) is 0. The molecule has 0 radical (unpaired) electrons. The Morgan fingerprint density at radius 2 is 1.56 bits per heavy atom. The number of ketones is 1. The van der Waals surface area contributed by atoms with Crippen molar-refractivity contribution in [2.24, 2.45) is 5.11 Å². The van der Waals surface area contributed by atoms with Gasteiger partial charge in [-0.3, -0.25) is 4.79 Å². The molecular formula is C33H42N4O6SSi. The summed E-state index contributed by atoms with van der Waals surface area (Å²) in [4.78, 5) is 20.3. The van der Waals surface area contributed by atoms with Gasteiger partial charge in [-0.1, -0.05) is 86.5 Å². The molecule has 2 aliphatic rings. The smallest absolute Gasteiger partial charge is 0.261 e. The van der Waals surface area contributed by atoms with Gasteiger partial charge in [-0.25, -0.2) is 4.98 Å². The summed E-state index contributed by atoms with van der Waals surface area (Å²) in [5, 5.41) is 8.19. The number of ether oxygens (including phenoxy) is 4. The maximum Gasteiger partial charge on any atom is 0.261 e. The van der Waals surface area contributed by atoms with Gasteiger partial charge in [-0.05, 0) is 48.6 Å². The van der Waals surface area contributed by atoms with E-state index in [0.29, 0.717) is 5.01 Å². The minimum absolute atomic E-state index is 0.0879. The van der Waals surface area contributed by atoms with E-state index in [1.807, 2.05) is 26.0 Å². The number of hydrogen-bond acceptors (Lipinski definition) is 9. The molecule has 1 unspecified atom stereocenters.